The summed E-state index contributed by atoms with van der Waals surface area (Å²) >= 11 is 1.46. The van der Waals surface area contributed by atoms with Gasteiger partial charge in [0.25, 0.3) is 0 Å². The summed E-state index contributed by atoms with van der Waals surface area (Å²) in [4.78, 5) is 17.3. The van der Waals surface area contributed by atoms with Gasteiger partial charge < -0.3 is 10.1 Å². The Kier molecular flexibility index (Phi) is 5.46. The van der Waals surface area contributed by atoms with E-state index in [-0.39, 0.29) is 16.7 Å². The molecule has 3 aromatic rings. The highest BCUT2D eigenvalue weighted by Crippen LogP contribution is 2.31. The number of nitrogens with one attached hydrogen (secondary N) is 1. The fourth-order valence-corrected chi connectivity index (χ4v) is 3.69. The molecule has 1 amide bonds. The van der Waals surface area contributed by atoms with Gasteiger partial charge in [0, 0.05) is 11.2 Å². The fraction of sp³-hybridized carbons (Fsp3) is 0.333. The number of carbonyl (C=O) groups excluding carboxylic acids is 1. The van der Waals surface area contributed by atoms with Crippen LogP contribution in [0.2, 0.25) is 0 Å². The average Bonchev–Trinajstić information content (AvgIpc) is 2.98. The summed E-state index contributed by atoms with van der Waals surface area (Å²) in [5.74, 6) is 0.802. The van der Waals surface area contributed by atoms with Crippen molar-refractivity contribution < 1.29 is 9.53 Å². The molecule has 1 heterocycles. The third kappa shape index (κ3) is 4.45. The van der Waals surface area contributed by atoms with Crippen molar-refractivity contribution in [3.8, 4) is 11.4 Å². The maximum atomic E-state index is 12.5. The summed E-state index contributed by atoms with van der Waals surface area (Å²) in [6, 6.07) is 15.8. The van der Waals surface area contributed by atoms with Crippen LogP contribution in [0, 0.1) is 0 Å². The summed E-state index contributed by atoms with van der Waals surface area (Å²) in [5.41, 5.74) is 2.63. The Hall–Kier alpha value is -2.47. The quantitative estimate of drug-likeness (QED) is 0.662. The van der Waals surface area contributed by atoms with E-state index < -0.39 is 0 Å². The van der Waals surface area contributed by atoms with Crippen LogP contribution in [-0.4, -0.2) is 33.4 Å². The second-order valence-corrected chi connectivity index (χ2v) is 8.72. The van der Waals surface area contributed by atoms with Crippen molar-refractivity contribution in [2.24, 2.45) is 0 Å². The number of thioether (sulfide) groups is 1. The monoisotopic (exact) mass is 383 g/mol. The van der Waals surface area contributed by atoms with Crippen LogP contribution in [0.3, 0.4) is 0 Å². The molecule has 142 valence electrons. The van der Waals surface area contributed by atoms with Crippen LogP contribution in [0.15, 0.2) is 53.7 Å². The lowest BCUT2D eigenvalue weighted by Gasteiger charge is -2.23. The van der Waals surface area contributed by atoms with Crippen LogP contribution in [0.1, 0.15) is 27.7 Å². The summed E-state index contributed by atoms with van der Waals surface area (Å²) in [5, 5.41) is 3.56. The van der Waals surface area contributed by atoms with Crippen LogP contribution >= 0.6 is 11.8 Å². The largest absolute Gasteiger partial charge is 0.497 e. The van der Waals surface area contributed by atoms with Crippen molar-refractivity contribution in [2.75, 3.05) is 7.11 Å². The first-order valence-electron chi connectivity index (χ1n) is 8.89. The van der Waals surface area contributed by atoms with Gasteiger partial charge in [-0.25, -0.2) is 4.98 Å². The number of carbonyl (C=O) groups is 1. The van der Waals surface area contributed by atoms with Crippen LogP contribution in [-0.2, 0) is 4.79 Å². The number of nitrogens with zero attached hydrogens (tertiary/aromatic N) is 2. The van der Waals surface area contributed by atoms with Crippen LogP contribution in [0.4, 0.5) is 0 Å². The normalized spacial score (nSPS) is 12.8. The highest BCUT2D eigenvalue weighted by atomic mass is 32.2. The van der Waals surface area contributed by atoms with E-state index in [0.29, 0.717) is 0 Å². The Bertz CT molecular complexity index is 942. The molecule has 27 heavy (non-hydrogen) atoms. The van der Waals surface area contributed by atoms with E-state index in [2.05, 4.69) is 9.88 Å². The molecule has 6 heteroatoms. The van der Waals surface area contributed by atoms with Gasteiger partial charge >= 0.3 is 0 Å². The molecule has 2 aromatic carbocycles. The molecular formula is C21H25N3O2S. The number of methoxy groups -OCH3 is 1. The molecule has 0 fully saturated rings. The van der Waals surface area contributed by atoms with Crippen LogP contribution in [0.5, 0.6) is 5.75 Å². The molecule has 1 unspecified atom stereocenters. The van der Waals surface area contributed by atoms with Gasteiger partial charge in [0.05, 0.1) is 23.4 Å². The molecule has 3 rings (SSSR count). The minimum absolute atomic E-state index is 0.000775. The number of ether oxygens (including phenoxy) is 1. The van der Waals surface area contributed by atoms with E-state index >= 15 is 0 Å². The van der Waals surface area contributed by atoms with Crippen molar-refractivity contribution in [3.63, 3.8) is 0 Å². The molecule has 0 aliphatic carbocycles. The zero-order valence-electron chi connectivity index (χ0n) is 16.3. The minimum Gasteiger partial charge on any atom is -0.497 e. The third-order valence-corrected chi connectivity index (χ3v) is 5.06. The SMILES string of the molecule is COc1ccc(-n2c(SC(C)C(=O)NC(C)(C)C)nc3ccccc32)cc1. The number of aromatic nitrogens is 2. The molecule has 0 saturated heterocycles. The maximum Gasteiger partial charge on any atom is 0.233 e. The average molecular weight is 384 g/mol. The minimum atomic E-state index is -0.266. The Morgan fingerprint density at radius 1 is 1.15 bits per heavy atom. The van der Waals surface area contributed by atoms with Crippen LogP contribution in [0.25, 0.3) is 16.7 Å². The highest BCUT2D eigenvalue weighted by molar-refractivity contribution is 8.00. The van der Waals surface area contributed by atoms with E-state index in [1.165, 1.54) is 11.8 Å². The number of fused-ring (bicyclic) bond motifs is 1. The van der Waals surface area contributed by atoms with Crippen molar-refractivity contribution in [1.82, 2.24) is 14.9 Å². The Labute approximate surface area is 164 Å². The Morgan fingerprint density at radius 2 is 1.81 bits per heavy atom. The molecule has 1 N–H and O–H groups in total. The molecule has 0 bridgehead atoms. The molecule has 0 radical (unpaired) electrons. The molecule has 0 aliphatic rings. The number of hydrogen-bond acceptors (Lipinski definition) is 4. The van der Waals surface area contributed by atoms with Crippen LogP contribution < -0.4 is 10.1 Å². The van der Waals surface area contributed by atoms with E-state index in [9.17, 15) is 4.79 Å². The number of benzene rings is 2. The van der Waals surface area contributed by atoms with Gasteiger partial charge in [0.1, 0.15) is 5.75 Å². The standard InChI is InChI=1S/C21H25N3O2S/c1-14(19(25)23-21(2,3)4)27-20-22-17-8-6-7-9-18(17)24(20)15-10-12-16(26-5)13-11-15/h6-14H,1-5H3,(H,23,25). The van der Waals surface area contributed by atoms with Crippen molar-refractivity contribution in [3.05, 3.63) is 48.5 Å². The first kappa shape index (κ1) is 19.3. The third-order valence-electron chi connectivity index (χ3n) is 4.01. The van der Waals surface area contributed by atoms with Crippen molar-refractivity contribution in [1.29, 1.82) is 0 Å². The van der Waals surface area contributed by atoms with Crippen molar-refractivity contribution >= 4 is 28.7 Å². The van der Waals surface area contributed by atoms with E-state index in [4.69, 9.17) is 9.72 Å². The summed E-state index contributed by atoms with van der Waals surface area (Å²) < 4.78 is 7.35. The number of rotatable bonds is 5. The first-order chi connectivity index (χ1) is 12.8. The van der Waals surface area contributed by atoms with E-state index in [0.717, 1.165) is 27.6 Å². The predicted molar refractivity (Wildman–Crippen MR) is 111 cm³/mol. The molecule has 0 aliphatic heterocycles. The van der Waals surface area contributed by atoms with Crippen molar-refractivity contribution in [2.45, 2.75) is 43.6 Å². The Balaban J connectivity index is 1.98. The van der Waals surface area contributed by atoms with Gasteiger partial charge in [-0.05, 0) is 64.1 Å². The van der Waals surface area contributed by atoms with Gasteiger partial charge in [0.2, 0.25) is 5.91 Å². The second-order valence-electron chi connectivity index (χ2n) is 7.42. The molecule has 0 saturated carbocycles. The van der Waals surface area contributed by atoms with E-state index in [1.54, 1.807) is 7.11 Å². The fourth-order valence-electron chi connectivity index (χ4n) is 2.75. The smallest absolute Gasteiger partial charge is 0.233 e. The van der Waals surface area contributed by atoms with Gasteiger partial charge in [0.15, 0.2) is 5.16 Å². The number of hydrogen-bond donors (Lipinski definition) is 1. The highest BCUT2D eigenvalue weighted by Gasteiger charge is 2.23. The lowest BCUT2D eigenvalue weighted by atomic mass is 10.1. The molecule has 1 aromatic heterocycles. The zero-order chi connectivity index (χ0) is 19.6. The Morgan fingerprint density at radius 3 is 2.44 bits per heavy atom. The summed E-state index contributed by atoms with van der Waals surface area (Å²) in [6.45, 7) is 7.85. The van der Waals surface area contributed by atoms with Gasteiger partial charge in [-0.2, -0.15) is 0 Å². The number of amides is 1. The predicted octanol–water partition coefficient (Wildman–Crippen LogP) is 4.43. The van der Waals surface area contributed by atoms with Gasteiger partial charge in [-0.3, -0.25) is 9.36 Å². The molecule has 0 spiro atoms. The first-order valence-corrected chi connectivity index (χ1v) is 9.77. The van der Waals surface area contributed by atoms with Gasteiger partial charge in [-0.15, -0.1) is 0 Å². The number of imidazole rings is 1. The molecular weight excluding hydrogens is 358 g/mol. The molecule has 5 nitrogen and oxygen atoms in total. The number of para-hydroxylation sites is 2. The molecule has 1 atom stereocenters. The second kappa shape index (κ2) is 7.64. The topological polar surface area (TPSA) is 56.1 Å². The lowest BCUT2D eigenvalue weighted by molar-refractivity contribution is -0.121. The maximum absolute atomic E-state index is 12.5. The van der Waals surface area contributed by atoms with Gasteiger partial charge in [-0.1, -0.05) is 23.9 Å². The summed E-state index contributed by atoms with van der Waals surface area (Å²) in [7, 11) is 1.65. The van der Waals surface area contributed by atoms with E-state index in [1.807, 2.05) is 76.2 Å². The summed E-state index contributed by atoms with van der Waals surface area (Å²) in [6.07, 6.45) is 0. The zero-order valence-corrected chi connectivity index (χ0v) is 17.1. The lowest BCUT2D eigenvalue weighted by Crippen LogP contribution is -2.44.